The second kappa shape index (κ2) is 4.27. The Kier molecular flexibility index (Phi) is 2.61. The summed E-state index contributed by atoms with van der Waals surface area (Å²) in [7, 11) is 0. The Bertz CT molecular complexity index is 733. The molecule has 88 valence electrons. The molecular weight excluding hydrogens is 250 g/mol. The summed E-state index contributed by atoms with van der Waals surface area (Å²) in [4.78, 5) is 16.4. The highest BCUT2D eigenvalue weighted by Gasteiger charge is 2.15. The molecule has 0 saturated carbocycles. The van der Waals surface area contributed by atoms with Crippen LogP contribution in [0, 0.1) is 0 Å². The second-order valence-corrected chi connectivity index (χ2v) is 4.19. The zero-order valence-corrected chi connectivity index (χ0v) is 10.0. The van der Waals surface area contributed by atoms with Crippen molar-refractivity contribution in [1.29, 1.82) is 0 Å². The van der Waals surface area contributed by atoms with Crippen LogP contribution in [0.25, 0.3) is 10.9 Å². The fraction of sp³-hybridized carbons (Fsp3) is 0. The molecule has 3 nitrogen and oxygen atoms in total. The molecule has 2 heterocycles. The van der Waals surface area contributed by atoms with Crippen LogP contribution in [0.5, 0.6) is 0 Å². The van der Waals surface area contributed by atoms with Crippen LogP contribution in [0.1, 0.15) is 15.9 Å². The number of benzene rings is 1. The molecule has 0 N–H and O–H groups in total. The number of fused-ring (bicyclic) bond motifs is 1. The van der Waals surface area contributed by atoms with Gasteiger partial charge in [-0.3, -0.25) is 9.78 Å². The van der Waals surface area contributed by atoms with Gasteiger partial charge in [0.25, 0.3) is 0 Å². The Balaban J connectivity index is 2.10. The second-order valence-electron chi connectivity index (χ2n) is 3.85. The highest BCUT2D eigenvalue weighted by Crippen LogP contribution is 2.22. The van der Waals surface area contributed by atoms with Crippen molar-refractivity contribution < 1.29 is 9.21 Å². The predicted molar refractivity (Wildman–Crippen MR) is 68.9 cm³/mol. The van der Waals surface area contributed by atoms with E-state index in [-0.39, 0.29) is 11.0 Å². The number of halogens is 1. The smallest absolute Gasteiger partial charge is 0.204 e. The highest BCUT2D eigenvalue weighted by molar-refractivity contribution is 6.33. The monoisotopic (exact) mass is 257 g/mol. The largest absolute Gasteiger partial charge is 0.452 e. The van der Waals surface area contributed by atoms with Crippen molar-refractivity contribution in [3.63, 3.8) is 0 Å². The Morgan fingerprint density at radius 3 is 2.89 bits per heavy atom. The standard InChI is InChI=1S/C14H8ClNO2/c15-14-11(5-7-18-14)13(17)10-3-4-12-9(8-10)2-1-6-16-12/h1-8H. The number of furan rings is 1. The number of hydrogen-bond donors (Lipinski definition) is 0. The van der Waals surface area contributed by atoms with Crippen molar-refractivity contribution in [1.82, 2.24) is 4.98 Å². The summed E-state index contributed by atoms with van der Waals surface area (Å²) in [5.41, 5.74) is 1.80. The SMILES string of the molecule is O=C(c1ccc2ncccc2c1)c1ccoc1Cl. The van der Waals surface area contributed by atoms with Crippen molar-refractivity contribution in [2.75, 3.05) is 0 Å². The summed E-state index contributed by atoms with van der Waals surface area (Å²) in [6.07, 6.45) is 3.12. The summed E-state index contributed by atoms with van der Waals surface area (Å²) in [6, 6.07) is 10.7. The lowest BCUT2D eigenvalue weighted by Crippen LogP contribution is -2.00. The number of ketones is 1. The van der Waals surface area contributed by atoms with Crippen molar-refractivity contribution in [2.45, 2.75) is 0 Å². The summed E-state index contributed by atoms with van der Waals surface area (Å²) in [6.45, 7) is 0. The van der Waals surface area contributed by atoms with Crippen LogP contribution in [0.3, 0.4) is 0 Å². The van der Waals surface area contributed by atoms with Gasteiger partial charge in [-0.25, -0.2) is 0 Å². The Labute approximate surface area is 108 Å². The quantitative estimate of drug-likeness (QED) is 0.657. The minimum Gasteiger partial charge on any atom is -0.452 e. The molecule has 0 aliphatic carbocycles. The van der Waals surface area contributed by atoms with E-state index in [1.807, 2.05) is 18.2 Å². The third-order valence-electron chi connectivity index (χ3n) is 2.73. The van der Waals surface area contributed by atoms with Crippen LogP contribution in [0.4, 0.5) is 0 Å². The Hall–Kier alpha value is -2.13. The van der Waals surface area contributed by atoms with Gasteiger partial charge in [0.15, 0.2) is 5.78 Å². The van der Waals surface area contributed by atoms with E-state index in [0.29, 0.717) is 11.1 Å². The average molecular weight is 258 g/mol. The zero-order valence-electron chi connectivity index (χ0n) is 9.26. The van der Waals surface area contributed by atoms with Gasteiger partial charge in [0.2, 0.25) is 5.22 Å². The Morgan fingerprint density at radius 2 is 2.11 bits per heavy atom. The number of pyridine rings is 1. The number of hydrogen-bond acceptors (Lipinski definition) is 3. The van der Waals surface area contributed by atoms with Gasteiger partial charge < -0.3 is 4.42 Å². The molecule has 0 aliphatic rings. The molecule has 3 aromatic rings. The summed E-state index contributed by atoms with van der Waals surface area (Å²) >= 11 is 5.80. The van der Waals surface area contributed by atoms with E-state index in [1.165, 1.54) is 6.26 Å². The lowest BCUT2D eigenvalue weighted by molar-refractivity contribution is 0.103. The molecular formula is C14H8ClNO2. The highest BCUT2D eigenvalue weighted by atomic mass is 35.5. The van der Waals surface area contributed by atoms with Crippen LogP contribution in [0.2, 0.25) is 5.22 Å². The first-order chi connectivity index (χ1) is 8.75. The van der Waals surface area contributed by atoms with Crippen LogP contribution in [0.15, 0.2) is 53.3 Å². The lowest BCUT2D eigenvalue weighted by atomic mass is 10.0. The number of carbonyl (C=O) groups is 1. The van der Waals surface area contributed by atoms with Gasteiger partial charge >= 0.3 is 0 Å². The van der Waals surface area contributed by atoms with Gasteiger partial charge in [-0.15, -0.1) is 0 Å². The zero-order chi connectivity index (χ0) is 12.5. The number of aromatic nitrogens is 1. The minimum absolute atomic E-state index is 0.117. The maximum atomic E-state index is 12.2. The maximum Gasteiger partial charge on any atom is 0.204 e. The fourth-order valence-corrected chi connectivity index (χ4v) is 2.03. The van der Waals surface area contributed by atoms with Crippen LogP contribution < -0.4 is 0 Å². The predicted octanol–water partition coefficient (Wildman–Crippen LogP) is 3.71. The molecule has 0 atom stereocenters. The lowest BCUT2D eigenvalue weighted by Gasteiger charge is -2.01. The van der Waals surface area contributed by atoms with Gasteiger partial charge in [0, 0.05) is 17.1 Å². The third kappa shape index (κ3) is 1.79. The molecule has 0 spiro atoms. The first-order valence-corrected chi connectivity index (χ1v) is 5.76. The van der Waals surface area contributed by atoms with Crippen molar-refractivity contribution in [3.05, 3.63) is 65.2 Å². The van der Waals surface area contributed by atoms with E-state index in [1.54, 1.807) is 24.4 Å². The van der Waals surface area contributed by atoms with E-state index in [2.05, 4.69) is 4.98 Å². The van der Waals surface area contributed by atoms with Gasteiger partial charge in [-0.05, 0) is 41.9 Å². The molecule has 0 saturated heterocycles. The van der Waals surface area contributed by atoms with Gasteiger partial charge in [0.05, 0.1) is 17.3 Å². The molecule has 0 bridgehead atoms. The van der Waals surface area contributed by atoms with E-state index in [9.17, 15) is 4.79 Å². The molecule has 0 unspecified atom stereocenters. The topological polar surface area (TPSA) is 43.1 Å². The van der Waals surface area contributed by atoms with E-state index in [4.69, 9.17) is 16.0 Å². The van der Waals surface area contributed by atoms with Crippen molar-refractivity contribution >= 4 is 28.3 Å². The van der Waals surface area contributed by atoms with E-state index in [0.717, 1.165) is 10.9 Å². The van der Waals surface area contributed by atoms with Crippen LogP contribution in [-0.4, -0.2) is 10.8 Å². The van der Waals surface area contributed by atoms with Crippen LogP contribution >= 0.6 is 11.6 Å². The van der Waals surface area contributed by atoms with Crippen molar-refractivity contribution in [2.24, 2.45) is 0 Å². The maximum absolute atomic E-state index is 12.2. The van der Waals surface area contributed by atoms with Gasteiger partial charge in [0.1, 0.15) is 0 Å². The normalized spacial score (nSPS) is 10.7. The van der Waals surface area contributed by atoms with E-state index < -0.39 is 0 Å². The average Bonchev–Trinajstić information content (AvgIpc) is 2.83. The summed E-state index contributed by atoms with van der Waals surface area (Å²) in [5.74, 6) is -0.153. The molecule has 3 rings (SSSR count). The first kappa shape index (κ1) is 11.0. The van der Waals surface area contributed by atoms with Crippen LogP contribution in [-0.2, 0) is 0 Å². The molecule has 18 heavy (non-hydrogen) atoms. The molecule has 0 amide bonds. The van der Waals surface area contributed by atoms with Gasteiger partial charge in [-0.1, -0.05) is 6.07 Å². The molecule has 1 aromatic carbocycles. The van der Waals surface area contributed by atoms with Gasteiger partial charge in [-0.2, -0.15) is 0 Å². The molecule has 4 heteroatoms. The molecule has 2 aromatic heterocycles. The fourth-order valence-electron chi connectivity index (χ4n) is 1.83. The number of rotatable bonds is 2. The van der Waals surface area contributed by atoms with Crippen molar-refractivity contribution in [3.8, 4) is 0 Å². The first-order valence-electron chi connectivity index (χ1n) is 5.38. The molecule has 0 aliphatic heterocycles. The molecule has 0 fully saturated rings. The molecule has 0 radical (unpaired) electrons. The van der Waals surface area contributed by atoms with E-state index >= 15 is 0 Å². The minimum atomic E-state index is -0.153. The summed E-state index contributed by atoms with van der Waals surface area (Å²) in [5, 5.41) is 1.04. The Morgan fingerprint density at radius 1 is 1.22 bits per heavy atom. The third-order valence-corrected chi connectivity index (χ3v) is 3.02. The number of carbonyl (C=O) groups excluding carboxylic acids is 1. The summed E-state index contributed by atoms with van der Waals surface area (Å²) < 4.78 is 4.93. The number of nitrogens with zero attached hydrogens (tertiary/aromatic N) is 1.